The Morgan fingerprint density at radius 3 is 3.09 bits per heavy atom. The molecule has 2 fully saturated rings. The molecule has 58 valence electrons. The van der Waals surface area contributed by atoms with Crippen LogP contribution in [0.15, 0.2) is 24.3 Å². The van der Waals surface area contributed by atoms with E-state index in [1.165, 1.54) is 6.42 Å². The maximum Gasteiger partial charge on any atom is 0.0583 e. The molecule has 0 radical (unpaired) electrons. The summed E-state index contributed by atoms with van der Waals surface area (Å²) in [7, 11) is 0. The Morgan fingerprint density at radius 2 is 2.27 bits per heavy atom. The lowest BCUT2D eigenvalue weighted by Crippen LogP contribution is -2.06. The molecule has 3 rings (SSSR count). The van der Waals surface area contributed by atoms with Gasteiger partial charge < -0.3 is 5.11 Å². The molecule has 1 spiro atoms. The predicted octanol–water partition coefficient (Wildman–Crippen LogP) is 1.50. The summed E-state index contributed by atoms with van der Waals surface area (Å²) in [5.41, 5.74) is 0.411. The number of fused-ring (bicyclic) bond motifs is 1. The number of allylic oxidation sites excluding steroid dienone is 4. The molecule has 2 unspecified atom stereocenters. The molecule has 1 heteroatoms. The Morgan fingerprint density at radius 1 is 1.36 bits per heavy atom. The molecule has 0 aliphatic heterocycles. The fourth-order valence-corrected chi connectivity index (χ4v) is 3.05. The van der Waals surface area contributed by atoms with Gasteiger partial charge in [0.1, 0.15) is 0 Å². The molecule has 1 nitrogen and oxygen atoms in total. The molecule has 0 aromatic carbocycles. The molecule has 11 heavy (non-hydrogen) atoms. The van der Waals surface area contributed by atoms with Crippen LogP contribution in [0.5, 0.6) is 0 Å². The van der Waals surface area contributed by atoms with E-state index < -0.39 is 0 Å². The Labute approximate surface area is 66.4 Å². The van der Waals surface area contributed by atoms with Crippen molar-refractivity contribution in [3.8, 4) is 0 Å². The zero-order chi connectivity index (χ0) is 7.47. The van der Waals surface area contributed by atoms with E-state index in [4.69, 9.17) is 0 Å². The van der Waals surface area contributed by atoms with Crippen LogP contribution in [0.4, 0.5) is 0 Å². The van der Waals surface area contributed by atoms with E-state index >= 15 is 0 Å². The van der Waals surface area contributed by atoms with Gasteiger partial charge in [0.15, 0.2) is 0 Å². The van der Waals surface area contributed by atoms with E-state index in [0.717, 1.165) is 6.42 Å². The van der Waals surface area contributed by atoms with Crippen LogP contribution in [0.25, 0.3) is 0 Å². The Bertz CT molecular complexity index is 254. The maximum absolute atomic E-state index is 9.60. The second-order valence-electron chi connectivity index (χ2n) is 4.01. The third-order valence-corrected chi connectivity index (χ3v) is 3.64. The molecule has 3 aliphatic carbocycles. The van der Waals surface area contributed by atoms with Gasteiger partial charge in [0.2, 0.25) is 0 Å². The molecule has 3 aliphatic rings. The molecule has 0 heterocycles. The summed E-state index contributed by atoms with van der Waals surface area (Å²) in [6.07, 6.45) is 11.0. The Kier molecular flexibility index (Phi) is 0.880. The van der Waals surface area contributed by atoms with Gasteiger partial charge in [-0.3, -0.25) is 0 Å². The molecular weight excluding hydrogens is 136 g/mol. The van der Waals surface area contributed by atoms with Gasteiger partial charge in [-0.15, -0.1) is 0 Å². The van der Waals surface area contributed by atoms with Gasteiger partial charge in [0.25, 0.3) is 0 Å². The minimum absolute atomic E-state index is 0.0209. The van der Waals surface area contributed by atoms with Crippen molar-refractivity contribution < 1.29 is 5.11 Å². The standard InChI is InChI=1S/C10H12O/c11-8-4-6-10-5-2-1-3-7(10)9(8)10/h1-3,5,7-9,11H,4,6H2/t7?,8-,9+,10?/m0/s1. The molecule has 0 aromatic heterocycles. The Balaban J connectivity index is 2.01. The number of aliphatic hydroxyl groups is 1. The molecule has 0 aromatic rings. The zero-order valence-electron chi connectivity index (χ0n) is 6.40. The largest absolute Gasteiger partial charge is 0.393 e. The summed E-state index contributed by atoms with van der Waals surface area (Å²) >= 11 is 0. The molecule has 2 saturated carbocycles. The molecule has 4 atom stereocenters. The molecule has 0 bridgehead atoms. The van der Waals surface area contributed by atoms with Crippen molar-refractivity contribution in [3.63, 3.8) is 0 Å². The molecule has 0 saturated heterocycles. The first-order chi connectivity index (χ1) is 5.34. The summed E-state index contributed by atoms with van der Waals surface area (Å²) in [6.45, 7) is 0. The van der Waals surface area contributed by atoms with Crippen molar-refractivity contribution in [2.45, 2.75) is 18.9 Å². The summed E-state index contributed by atoms with van der Waals surface area (Å²) in [6, 6.07) is 0. The van der Waals surface area contributed by atoms with Crippen LogP contribution in [0.1, 0.15) is 12.8 Å². The van der Waals surface area contributed by atoms with Crippen molar-refractivity contribution in [2.24, 2.45) is 17.3 Å². The third kappa shape index (κ3) is 0.529. The van der Waals surface area contributed by atoms with Crippen LogP contribution in [-0.2, 0) is 0 Å². The zero-order valence-corrected chi connectivity index (χ0v) is 6.40. The highest BCUT2D eigenvalue weighted by atomic mass is 16.3. The van der Waals surface area contributed by atoms with E-state index in [-0.39, 0.29) is 6.10 Å². The van der Waals surface area contributed by atoms with Gasteiger partial charge >= 0.3 is 0 Å². The van der Waals surface area contributed by atoms with Crippen LogP contribution in [0.2, 0.25) is 0 Å². The maximum atomic E-state index is 9.60. The Hall–Kier alpha value is -0.560. The average molecular weight is 148 g/mol. The highest BCUT2D eigenvalue weighted by Crippen LogP contribution is 2.70. The van der Waals surface area contributed by atoms with Crippen molar-refractivity contribution in [1.29, 1.82) is 0 Å². The monoisotopic (exact) mass is 148 g/mol. The van der Waals surface area contributed by atoms with Crippen LogP contribution in [0.3, 0.4) is 0 Å². The lowest BCUT2D eigenvalue weighted by Gasteiger charge is -2.09. The average Bonchev–Trinajstić information content (AvgIpc) is 2.60. The van der Waals surface area contributed by atoms with Gasteiger partial charge in [-0.2, -0.15) is 0 Å². The smallest absolute Gasteiger partial charge is 0.0583 e. The molecule has 0 amide bonds. The summed E-state index contributed by atoms with van der Waals surface area (Å²) < 4.78 is 0. The second kappa shape index (κ2) is 1.61. The molecule has 1 N–H and O–H groups in total. The van der Waals surface area contributed by atoms with E-state index in [2.05, 4.69) is 24.3 Å². The number of aliphatic hydroxyl groups excluding tert-OH is 1. The summed E-state index contributed by atoms with van der Waals surface area (Å²) in [5, 5.41) is 9.60. The SMILES string of the molecule is O[C@H]1CCC23C=CC=CC2[C@H]13. The van der Waals surface area contributed by atoms with Crippen molar-refractivity contribution in [1.82, 2.24) is 0 Å². The minimum Gasteiger partial charge on any atom is -0.393 e. The number of rotatable bonds is 0. The molecular formula is C10H12O. The first-order valence-corrected chi connectivity index (χ1v) is 4.39. The van der Waals surface area contributed by atoms with Crippen molar-refractivity contribution in [3.05, 3.63) is 24.3 Å². The fraction of sp³-hybridized carbons (Fsp3) is 0.600. The highest BCUT2D eigenvalue weighted by Gasteiger charge is 2.67. The van der Waals surface area contributed by atoms with Crippen molar-refractivity contribution in [2.75, 3.05) is 0 Å². The van der Waals surface area contributed by atoms with Crippen LogP contribution in [0, 0.1) is 17.3 Å². The van der Waals surface area contributed by atoms with Crippen LogP contribution in [-0.4, -0.2) is 11.2 Å². The fourth-order valence-electron chi connectivity index (χ4n) is 3.05. The van der Waals surface area contributed by atoms with Gasteiger partial charge in [-0.05, 0) is 18.8 Å². The van der Waals surface area contributed by atoms with Gasteiger partial charge in [-0.1, -0.05) is 24.3 Å². The quantitative estimate of drug-likeness (QED) is 0.552. The lowest BCUT2D eigenvalue weighted by molar-refractivity contribution is 0.154. The van der Waals surface area contributed by atoms with Gasteiger partial charge in [0.05, 0.1) is 6.10 Å². The minimum atomic E-state index is -0.0209. The lowest BCUT2D eigenvalue weighted by atomic mass is 9.96. The van der Waals surface area contributed by atoms with E-state index in [9.17, 15) is 5.11 Å². The summed E-state index contributed by atoms with van der Waals surface area (Å²) in [4.78, 5) is 0. The normalized spacial score (nSPS) is 57.4. The van der Waals surface area contributed by atoms with Crippen LogP contribution >= 0.6 is 0 Å². The van der Waals surface area contributed by atoms with Gasteiger partial charge in [0, 0.05) is 11.3 Å². The number of hydrogen-bond donors (Lipinski definition) is 1. The van der Waals surface area contributed by atoms with Crippen LogP contribution < -0.4 is 0 Å². The van der Waals surface area contributed by atoms with E-state index in [1.807, 2.05) is 0 Å². The first kappa shape index (κ1) is 6.01. The predicted molar refractivity (Wildman–Crippen MR) is 42.9 cm³/mol. The first-order valence-electron chi connectivity index (χ1n) is 4.39. The summed E-state index contributed by atoms with van der Waals surface area (Å²) in [5.74, 6) is 1.24. The third-order valence-electron chi connectivity index (χ3n) is 3.64. The van der Waals surface area contributed by atoms with Crippen molar-refractivity contribution >= 4 is 0 Å². The topological polar surface area (TPSA) is 20.2 Å². The van der Waals surface area contributed by atoms with E-state index in [1.54, 1.807) is 0 Å². The highest BCUT2D eigenvalue weighted by molar-refractivity contribution is 5.36. The van der Waals surface area contributed by atoms with Gasteiger partial charge in [-0.25, -0.2) is 0 Å². The second-order valence-corrected chi connectivity index (χ2v) is 4.01. The van der Waals surface area contributed by atoms with E-state index in [0.29, 0.717) is 17.3 Å². The number of hydrogen-bond acceptors (Lipinski definition) is 1.